The van der Waals surface area contributed by atoms with Crippen LogP contribution in [-0.4, -0.2) is 59.8 Å². The molecule has 1 saturated heterocycles. The van der Waals surface area contributed by atoms with Crippen LogP contribution in [0.25, 0.3) is 6.08 Å². The van der Waals surface area contributed by atoms with E-state index in [1.807, 2.05) is 42.5 Å². The summed E-state index contributed by atoms with van der Waals surface area (Å²) in [5, 5.41) is 0. The minimum atomic E-state index is -2.34. The van der Waals surface area contributed by atoms with Gasteiger partial charge in [-0.05, 0) is 35.9 Å². The Hall–Kier alpha value is -2.80. The average molecular weight is 387 g/mol. The lowest BCUT2D eigenvalue weighted by Gasteiger charge is -2.33. The molecule has 148 valence electrons. The van der Waals surface area contributed by atoms with Gasteiger partial charge in [0.2, 0.25) is 5.91 Å². The van der Waals surface area contributed by atoms with Gasteiger partial charge in [-0.15, -0.1) is 0 Å². The Kier molecular flexibility index (Phi) is 7.08. The van der Waals surface area contributed by atoms with Crippen LogP contribution < -0.4 is 4.74 Å². The molecule has 0 radical (unpaired) electrons. The molecule has 0 bridgehead atoms. The van der Waals surface area contributed by atoms with Crippen molar-refractivity contribution in [1.29, 1.82) is 0 Å². The Morgan fingerprint density at radius 2 is 1.86 bits per heavy atom. The topological polar surface area (TPSA) is 45.7 Å². The first-order valence-electron chi connectivity index (χ1n) is 9.20. The lowest BCUT2D eigenvalue weighted by atomic mass is 10.2. The van der Waals surface area contributed by atoms with Crippen molar-refractivity contribution in [2.45, 2.75) is 13.0 Å². The van der Waals surface area contributed by atoms with E-state index in [-0.39, 0.29) is 12.5 Å². The Morgan fingerprint density at radius 3 is 2.50 bits per heavy atom. The highest BCUT2D eigenvalue weighted by Gasteiger charge is 2.21. The number of nitrogens with zero attached hydrogens (tertiary/aromatic N) is 3. The summed E-state index contributed by atoms with van der Waals surface area (Å²) in [6.45, 7) is 2.06. The second-order valence-electron chi connectivity index (χ2n) is 6.53. The fourth-order valence-corrected chi connectivity index (χ4v) is 2.93. The second-order valence-corrected chi connectivity index (χ2v) is 6.53. The zero-order valence-electron chi connectivity index (χ0n) is 15.5. The summed E-state index contributed by atoms with van der Waals surface area (Å²) >= 11 is 0. The van der Waals surface area contributed by atoms with E-state index in [4.69, 9.17) is 4.74 Å². The molecule has 7 heteroatoms. The number of hydrogen-bond acceptors (Lipinski definition) is 4. The summed E-state index contributed by atoms with van der Waals surface area (Å²) in [4.78, 5) is 19.8. The Labute approximate surface area is 163 Å². The molecule has 1 aliphatic rings. The van der Waals surface area contributed by atoms with Crippen molar-refractivity contribution in [2.75, 3.05) is 32.7 Å². The third-order valence-electron chi connectivity index (χ3n) is 4.49. The van der Waals surface area contributed by atoms with Crippen molar-refractivity contribution in [2.24, 2.45) is 0 Å². The number of amides is 1. The van der Waals surface area contributed by atoms with E-state index in [1.165, 1.54) is 6.08 Å². The molecule has 0 spiro atoms. The summed E-state index contributed by atoms with van der Waals surface area (Å²) in [5.41, 5.74) is 1.74. The predicted molar refractivity (Wildman–Crippen MR) is 103 cm³/mol. The normalized spacial score (nSPS) is 15.3. The number of alkyl halides is 2. The lowest BCUT2D eigenvalue weighted by molar-refractivity contribution is -0.127. The second kappa shape index (κ2) is 9.94. The summed E-state index contributed by atoms with van der Waals surface area (Å²) in [5.74, 6) is 0.622. The van der Waals surface area contributed by atoms with Crippen molar-refractivity contribution < 1.29 is 18.3 Å². The fourth-order valence-electron chi connectivity index (χ4n) is 2.93. The van der Waals surface area contributed by atoms with E-state index in [9.17, 15) is 13.6 Å². The first kappa shape index (κ1) is 19.9. The zero-order chi connectivity index (χ0) is 19.8. The molecule has 1 fully saturated rings. The number of aromatic nitrogens is 1. The lowest BCUT2D eigenvalue weighted by Crippen LogP contribution is -2.49. The van der Waals surface area contributed by atoms with E-state index in [0.717, 1.165) is 17.0 Å². The molecule has 1 aliphatic heterocycles. The number of benzene rings is 1. The van der Waals surface area contributed by atoms with Gasteiger partial charge in [-0.2, -0.15) is 0 Å². The molecular weight excluding hydrogens is 364 g/mol. The van der Waals surface area contributed by atoms with E-state index < -0.39 is 6.43 Å². The van der Waals surface area contributed by atoms with Gasteiger partial charge in [-0.3, -0.25) is 14.7 Å². The minimum Gasteiger partial charge on any atom is -0.487 e. The number of pyridine rings is 1. The minimum absolute atomic E-state index is 0.104. The van der Waals surface area contributed by atoms with Gasteiger partial charge in [0.1, 0.15) is 12.4 Å². The van der Waals surface area contributed by atoms with Gasteiger partial charge in [0.15, 0.2) is 0 Å². The summed E-state index contributed by atoms with van der Waals surface area (Å²) in [6.07, 6.45) is 2.66. The summed E-state index contributed by atoms with van der Waals surface area (Å²) in [7, 11) is 0. The smallest absolute Gasteiger partial charge is 0.251 e. The standard InChI is InChI=1S/C21H23F2N3O2/c22-20(23)15-25-11-13-26(14-12-25)21(27)9-6-17-4-7-19(8-5-17)28-16-18-3-1-2-10-24-18/h1-10,20H,11-16H2/b9-6+. The van der Waals surface area contributed by atoms with Gasteiger partial charge >= 0.3 is 0 Å². The molecule has 2 heterocycles. The van der Waals surface area contributed by atoms with Crippen LogP contribution >= 0.6 is 0 Å². The van der Waals surface area contributed by atoms with Crippen LogP contribution in [0.15, 0.2) is 54.7 Å². The fraction of sp³-hybridized carbons (Fsp3) is 0.333. The molecule has 0 unspecified atom stereocenters. The number of piperazine rings is 1. The van der Waals surface area contributed by atoms with E-state index in [2.05, 4.69) is 4.98 Å². The number of carbonyl (C=O) groups excluding carboxylic acids is 1. The van der Waals surface area contributed by atoms with Gasteiger partial charge in [-0.25, -0.2) is 8.78 Å². The van der Waals surface area contributed by atoms with Crippen LogP contribution in [0.2, 0.25) is 0 Å². The van der Waals surface area contributed by atoms with Crippen LogP contribution in [0.1, 0.15) is 11.3 Å². The summed E-state index contributed by atoms with van der Waals surface area (Å²) in [6, 6.07) is 13.1. The molecule has 5 nitrogen and oxygen atoms in total. The van der Waals surface area contributed by atoms with Crippen LogP contribution in [0.4, 0.5) is 8.78 Å². The van der Waals surface area contributed by atoms with Gasteiger partial charge in [0, 0.05) is 38.5 Å². The van der Waals surface area contributed by atoms with Crippen LogP contribution in [0, 0.1) is 0 Å². The third kappa shape index (κ3) is 6.13. The molecule has 3 rings (SSSR count). The van der Waals surface area contributed by atoms with Gasteiger partial charge in [0.25, 0.3) is 6.43 Å². The Balaban J connectivity index is 1.46. The molecule has 1 aromatic carbocycles. The van der Waals surface area contributed by atoms with Crippen molar-refractivity contribution in [3.63, 3.8) is 0 Å². The van der Waals surface area contributed by atoms with Gasteiger partial charge in [0.05, 0.1) is 12.2 Å². The highest BCUT2D eigenvalue weighted by atomic mass is 19.3. The van der Waals surface area contributed by atoms with E-state index in [0.29, 0.717) is 32.8 Å². The summed E-state index contributed by atoms with van der Waals surface area (Å²) < 4.78 is 30.5. The van der Waals surface area contributed by atoms with Crippen molar-refractivity contribution >= 4 is 12.0 Å². The molecule has 0 saturated carbocycles. The highest BCUT2D eigenvalue weighted by Crippen LogP contribution is 2.15. The van der Waals surface area contributed by atoms with Gasteiger partial charge in [-0.1, -0.05) is 18.2 Å². The van der Waals surface area contributed by atoms with Crippen molar-refractivity contribution in [3.8, 4) is 5.75 Å². The van der Waals surface area contributed by atoms with Crippen LogP contribution in [0.3, 0.4) is 0 Å². The SMILES string of the molecule is O=C(/C=C/c1ccc(OCc2ccccn2)cc1)N1CCN(CC(F)F)CC1. The molecule has 0 N–H and O–H groups in total. The zero-order valence-corrected chi connectivity index (χ0v) is 15.5. The largest absolute Gasteiger partial charge is 0.487 e. The third-order valence-corrected chi connectivity index (χ3v) is 4.49. The maximum absolute atomic E-state index is 12.4. The number of carbonyl (C=O) groups is 1. The van der Waals surface area contributed by atoms with Crippen molar-refractivity contribution in [3.05, 3.63) is 66.0 Å². The molecular formula is C21H23F2N3O2. The number of hydrogen-bond donors (Lipinski definition) is 0. The van der Waals surface area contributed by atoms with Crippen LogP contribution in [0.5, 0.6) is 5.75 Å². The maximum atomic E-state index is 12.4. The van der Waals surface area contributed by atoms with Crippen molar-refractivity contribution in [1.82, 2.24) is 14.8 Å². The molecule has 0 aliphatic carbocycles. The number of halogens is 2. The first-order valence-corrected chi connectivity index (χ1v) is 9.20. The molecule has 0 atom stereocenters. The average Bonchev–Trinajstić information content (AvgIpc) is 2.72. The van der Waals surface area contributed by atoms with E-state index in [1.54, 1.807) is 22.1 Å². The Morgan fingerprint density at radius 1 is 1.11 bits per heavy atom. The molecule has 28 heavy (non-hydrogen) atoms. The quantitative estimate of drug-likeness (QED) is 0.685. The first-order chi connectivity index (χ1) is 13.6. The molecule has 2 aromatic rings. The molecule has 1 amide bonds. The number of ether oxygens (including phenoxy) is 1. The van der Waals surface area contributed by atoms with Gasteiger partial charge < -0.3 is 9.64 Å². The number of rotatable bonds is 7. The highest BCUT2D eigenvalue weighted by molar-refractivity contribution is 5.91. The molecule has 1 aromatic heterocycles. The monoisotopic (exact) mass is 387 g/mol. The predicted octanol–water partition coefficient (Wildman–Crippen LogP) is 3.08. The van der Waals surface area contributed by atoms with Crippen LogP contribution in [-0.2, 0) is 11.4 Å². The Bertz CT molecular complexity index is 774. The van der Waals surface area contributed by atoms with E-state index >= 15 is 0 Å². The maximum Gasteiger partial charge on any atom is 0.251 e.